The van der Waals surface area contributed by atoms with Gasteiger partial charge in [0.25, 0.3) is 0 Å². The fourth-order valence-corrected chi connectivity index (χ4v) is 4.63. The lowest BCUT2D eigenvalue weighted by Crippen LogP contribution is -2.02. The van der Waals surface area contributed by atoms with Gasteiger partial charge in [0.1, 0.15) is 16.3 Å². The third kappa shape index (κ3) is 2.44. The zero-order valence-corrected chi connectivity index (χ0v) is 14.3. The SMILES string of the molecule is Cc1nn(C)c2sc(C(=O)OCc3csc4ccccc34)cc12. The van der Waals surface area contributed by atoms with Crippen LogP contribution in [0.3, 0.4) is 0 Å². The van der Waals surface area contributed by atoms with E-state index < -0.39 is 0 Å². The zero-order valence-electron chi connectivity index (χ0n) is 12.7. The van der Waals surface area contributed by atoms with Crippen molar-refractivity contribution in [3.05, 3.63) is 51.8 Å². The Balaban J connectivity index is 1.56. The van der Waals surface area contributed by atoms with E-state index in [0.717, 1.165) is 26.9 Å². The molecule has 0 saturated heterocycles. The summed E-state index contributed by atoms with van der Waals surface area (Å²) in [6, 6.07) is 10.0. The molecule has 1 aromatic carbocycles. The first-order valence-electron chi connectivity index (χ1n) is 7.19. The van der Waals surface area contributed by atoms with E-state index in [0.29, 0.717) is 11.5 Å². The van der Waals surface area contributed by atoms with Crippen molar-refractivity contribution in [1.82, 2.24) is 9.78 Å². The van der Waals surface area contributed by atoms with Crippen LogP contribution < -0.4 is 0 Å². The molecule has 0 unspecified atom stereocenters. The van der Waals surface area contributed by atoms with E-state index in [1.54, 1.807) is 16.0 Å². The van der Waals surface area contributed by atoms with Gasteiger partial charge in [0.05, 0.1) is 5.69 Å². The number of carbonyl (C=O) groups excluding carboxylic acids is 1. The van der Waals surface area contributed by atoms with Crippen LogP contribution in [0.15, 0.2) is 35.7 Å². The number of fused-ring (bicyclic) bond motifs is 2. The van der Waals surface area contributed by atoms with E-state index in [1.165, 1.54) is 16.0 Å². The standard InChI is InChI=1S/C17H14N2O2S2/c1-10-13-7-15(23-16(13)19(2)18-10)17(20)21-8-11-9-22-14-6-4-3-5-12(11)14/h3-7,9H,8H2,1-2H3. The van der Waals surface area contributed by atoms with E-state index in [-0.39, 0.29) is 5.97 Å². The Labute approximate surface area is 140 Å². The number of nitrogens with zero attached hydrogens (tertiary/aromatic N) is 2. The van der Waals surface area contributed by atoms with Crippen LogP contribution in [0.1, 0.15) is 20.9 Å². The summed E-state index contributed by atoms with van der Waals surface area (Å²) in [5, 5.41) is 8.57. The number of ether oxygens (including phenoxy) is 1. The average molecular weight is 342 g/mol. The molecule has 3 aromatic heterocycles. The number of benzene rings is 1. The van der Waals surface area contributed by atoms with Crippen LogP contribution in [0, 0.1) is 6.92 Å². The summed E-state index contributed by atoms with van der Waals surface area (Å²) >= 11 is 3.09. The molecule has 116 valence electrons. The van der Waals surface area contributed by atoms with Crippen molar-refractivity contribution in [1.29, 1.82) is 0 Å². The van der Waals surface area contributed by atoms with Gasteiger partial charge in [-0.15, -0.1) is 22.7 Å². The minimum atomic E-state index is -0.277. The Hall–Kier alpha value is -2.18. The van der Waals surface area contributed by atoms with Crippen molar-refractivity contribution in [2.45, 2.75) is 13.5 Å². The summed E-state index contributed by atoms with van der Waals surface area (Å²) in [7, 11) is 1.89. The average Bonchev–Trinajstić information content (AvgIpc) is 3.22. The normalized spacial score (nSPS) is 11.4. The highest BCUT2D eigenvalue weighted by atomic mass is 32.1. The van der Waals surface area contributed by atoms with Crippen molar-refractivity contribution in [3.8, 4) is 0 Å². The minimum absolute atomic E-state index is 0.277. The topological polar surface area (TPSA) is 44.1 Å². The molecule has 0 aliphatic carbocycles. The lowest BCUT2D eigenvalue weighted by molar-refractivity contribution is 0.0480. The molecule has 0 radical (unpaired) electrons. The fourth-order valence-electron chi connectivity index (χ4n) is 2.66. The molecule has 0 aliphatic heterocycles. The van der Waals surface area contributed by atoms with Crippen molar-refractivity contribution in [2.75, 3.05) is 0 Å². The van der Waals surface area contributed by atoms with Crippen LogP contribution in [-0.2, 0) is 18.4 Å². The van der Waals surface area contributed by atoms with Gasteiger partial charge in [0.15, 0.2) is 0 Å². The Morgan fingerprint density at radius 1 is 1.30 bits per heavy atom. The van der Waals surface area contributed by atoms with E-state index in [9.17, 15) is 4.79 Å². The van der Waals surface area contributed by atoms with Crippen LogP contribution in [0.4, 0.5) is 0 Å². The molecule has 3 heterocycles. The van der Waals surface area contributed by atoms with Crippen LogP contribution in [-0.4, -0.2) is 15.7 Å². The molecule has 0 amide bonds. The predicted molar refractivity (Wildman–Crippen MR) is 94.3 cm³/mol. The monoisotopic (exact) mass is 342 g/mol. The highest BCUT2D eigenvalue weighted by molar-refractivity contribution is 7.20. The van der Waals surface area contributed by atoms with Gasteiger partial charge in [-0.1, -0.05) is 18.2 Å². The lowest BCUT2D eigenvalue weighted by Gasteiger charge is -2.02. The summed E-state index contributed by atoms with van der Waals surface area (Å²) in [6.45, 7) is 2.25. The molecule has 0 bridgehead atoms. The molecule has 0 fully saturated rings. The van der Waals surface area contributed by atoms with Gasteiger partial charge in [-0.05, 0) is 29.8 Å². The van der Waals surface area contributed by atoms with Crippen LogP contribution in [0.25, 0.3) is 20.3 Å². The first kappa shape index (κ1) is 14.4. The van der Waals surface area contributed by atoms with Crippen LogP contribution in [0.2, 0.25) is 0 Å². The van der Waals surface area contributed by atoms with Gasteiger partial charge in [0.2, 0.25) is 0 Å². The molecule has 0 saturated carbocycles. The predicted octanol–water partition coefficient (Wildman–Crippen LogP) is 4.51. The van der Waals surface area contributed by atoms with Crippen molar-refractivity contribution < 1.29 is 9.53 Å². The number of thiophene rings is 2. The maximum atomic E-state index is 12.3. The summed E-state index contributed by atoms with van der Waals surface area (Å²) in [5.41, 5.74) is 1.99. The molecule has 0 N–H and O–H groups in total. The minimum Gasteiger partial charge on any atom is -0.457 e. The van der Waals surface area contributed by atoms with Gasteiger partial charge in [-0.25, -0.2) is 4.79 Å². The largest absolute Gasteiger partial charge is 0.457 e. The maximum Gasteiger partial charge on any atom is 0.348 e. The number of hydrogen-bond acceptors (Lipinski definition) is 5. The second-order valence-corrected chi connectivity index (χ2v) is 7.31. The first-order chi connectivity index (χ1) is 11.1. The molecule has 0 aliphatic rings. The smallest absolute Gasteiger partial charge is 0.348 e. The molecule has 4 rings (SSSR count). The number of carbonyl (C=O) groups is 1. The lowest BCUT2D eigenvalue weighted by atomic mass is 10.2. The maximum absolute atomic E-state index is 12.3. The summed E-state index contributed by atoms with van der Waals surface area (Å²) in [4.78, 5) is 13.9. The van der Waals surface area contributed by atoms with Gasteiger partial charge in [-0.2, -0.15) is 5.10 Å². The third-order valence-electron chi connectivity index (χ3n) is 3.82. The van der Waals surface area contributed by atoms with Gasteiger partial charge in [-0.3, -0.25) is 4.68 Å². The highest BCUT2D eigenvalue weighted by Crippen LogP contribution is 2.29. The quantitative estimate of drug-likeness (QED) is 0.514. The fraction of sp³-hybridized carbons (Fsp3) is 0.176. The Morgan fingerprint density at radius 3 is 2.96 bits per heavy atom. The highest BCUT2D eigenvalue weighted by Gasteiger charge is 2.16. The zero-order chi connectivity index (χ0) is 16.0. The third-order valence-corrected chi connectivity index (χ3v) is 6.01. The second kappa shape index (κ2) is 5.47. The summed E-state index contributed by atoms with van der Waals surface area (Å²) in [5.74, 6) is -0.277. The first-order valence-corrected chi connectivity index (χ1v) is 8.88. The van der Waals surface area contributed by atoms with Crippen molar-refractivity contribution >= 4 is 48.9 Å². The molecule has 0 atom stereocenters. The summed E-state index contributed by atoms with van der Waals surface area (Å²) in [6.07, 6.45) is 0. The number of rotatable bonds is 3. The van der Waals surface area contributed by atoms with Gasteiger partial charge in [0, 0.05) is 22.7 Å². The number of aromatic nitrogens is 2. The molecule has 4 aromatic rings. The molecular formula is C17H14N2O2S2. The van der Waals surface area contributed by atoms with E-state index in [1.807, 2.05) is 32.2 Å². The van der Waals surface area contributed by atoms with Crippen molar-refractivity contribution in [3.63, 3.8) is 0 Å². The molecule has 0 spiro atoms. The Morgan fingerprint density at radius 2 is 2.13 bits per heavy atom. The van der Waals surface area contributed by atoms with E-state index in [4.69, 9.17) is 4.74 Å². The molecular weight excluding hydrogens is 328 g/mol. The van der Waals surface area contributed by atoms with Crippen LogP contribution >= 0.6 is 22.7 Å². The number of hydrogen-bond donors (Lipinski definition) is 0. The molecule has 4 nitrogen and oxygen atoms in total. The van der Waals surface area contributed by atoms with E-state index in [2.05, 4.69) is 22.6 Å². The number of aryl methyl sites for hydroxylation is 2. The van der Waals surface area contributed by atoms with Gasteiger partial charge < -0.3 is 4.74 Å². The molecule has 23 heavy (non-hydrogen) atoms. The molecule has 6 heteroatoms. The number of esters is 1. The van der Waals surface area contributed by atoms with Crippen molar-refractivity contribution in [2.24, 2.45) is 7.05 Å². The van der Waals surface area contributed by atoms with E-state index >= 15 is 0 Å². The van der Waals surface area contributed by atoms with Gasteiger partial charge >= 0.3 is 5.97 Å². The van der Waals surface area contributed by atoms with Crippen LogP contribution in [0.5, 0.6) is 0 Å². The summed E-state index contributed by atoms with van der Waals surface area (Å²) < 4.78 is 8.52. The Kier molecular flexibility index (Phi) is 3.43. The second-order valence-electron chi connectivity index (χ2n) is 5.37. The Bertz CT molecular complexity index is 991.